The van der Waals surface area contributed by atoms with Crippen LogP contribution in [0.25, 0.3) is 0 Å². The highest BCUT2D eigenvalue weighted by Crippen LogP contribution is 2.19. The van der Waals surface area contributed by atoms with Crippen LogP contribution < -0.4 is 14.8 Å². The molecule has 0 aliphatic carbocycles. The summed E-state index contributed by atoms with van der Waals surface area (Å²) in [6.07, 6.45) is 3.98. The Kier molecular flexibility index (Phi) is 6.83. The van der Waals surface area contributed by atoms with Gasteiger partial charge in [-0.05, 0) is 76.1 Å². The summed E-state index contributed by atoms with van der Waals surface area (Å²) < 4.78 is 10.8. The maximum Gasteiger partial charge on any atom is 0.119 e. The Balaban J connectivity index is 1.49. The highest BCUT2D eigenvalue weighted by molar-refractivity contribution is 5.31. The van der Waals surface area contributed by atoms with Crippen molar-refractivity contribution in [3.63, 3.8) is 0 Å². The van der Waals surface area contributed by atoms with Gasteiger partial charge in [-0.15, -0.1) is 0 Å². The van der Waals surface area contributed by atoms with Crippen molar-refractivity contribution in [2.75, 3.05) is 46.9 Å². The molecule has 4 nitrogen and oxygen atoms in total. The first-order valence-electron chi connectivity index (χ1n) is 7.94. The van der Waals surface area contributed by atoms with E-state index in [9.17, 15) is 0 Å². The zero-order chi connectivity index (χ0) is 14.9. The minimum Gasteiger partial charge on any atom is -0.497 e. The van der Waals surface area contributed by atoms with Crippen molar-refractivity contribution >= 4 is 0 Å². The normalized spacial score (nSPS) is 16.9. The second-order valence-electron chi connectivity index (χ2n) is 5.81. The van der Waals surface area contributed by atoms with E-state index in [0.29, 0.717) is 6.61 Å². The second kappa shape index (κ2) is 8.90. The van der Waals surface area contributed by atoms with Gasteiger partial charge >= 0.3 is 0 Å². The largest absolute Gasteiger partial charge is 0.497 e. The molecule has 0 radical (unpaired) electrons. The number of ether oxygens (including phenoxy) is 2. The van der Waals surface area contributed by atoms with Crippen LogP contribution in [0.3, 0.4) is 0 Å². The molecule has 0 atom stereocenters. The molecule has 1 N–H and O–H groups in total. The first-order valence-corrected chi connectivity index (χ1v) is 7.94. The second-order valence-corrected chi connectivity index (χ2v) is 5.81. The molecule has 4 heteroatoms. The SMILES string of the molecule is COc1ccc(OCCNCCC2CCN(C)CC2)cc1. The molecule has 0 unspecified atom stereocenters. The van der Waals surface area contributed by atoms with E-state index >= 15 is 0 Å². The van der Waals surface area contributed by atoms with Crippen molar-refractivity contribution in [3.05, 3.63) is 24.3 Å². The predicted octanol–water partition coefficient (Wildman–Crippen LogP) is 2.40. The van der Waals surface area contributed by atoms with Gasteiger partial charge in [0, 0.05) is 6.54 Å². The smallest absolute Gasteiger partial charge is 0.119 e. The lowest BCUT2D eigenvalue weighted by Gasteiger charge is -2.28. The quantitative estimate of drug-likeness (QED) is 0.746. The van der Waals surface area contributed by atoms with E-state index in [1.165, 1.54) is 32.4 Å². The summed E-state index contributed by atoms with van der Waals surface area (Å²) in [6, 6.07) is 7.72. The van der Waals surface area contributed by atoms with Gasteiger partial charge < -0.3 is 19.7 Å². The number of hydrogen-bond donors (Lipinski definition) is 1. The van der Waals surface area contributed by atoms with Crippen LogP contribution in [0.1, 0.15) is 19.3 Å². The summed E-state index contributed by atoms with van der Waals surface area (Å²) in [5.41, 5.74) is 0. The van der Waals surface area contributed by atoms with E-state index in [4.69, 9.17) is 9.47 Å². The number of hydrogen-bond acceptors (Lipinski definition) is 4. The van der Waals surface area contributed by atoms with E-state index in [-0.39, 0.29) is 0 Å². The molecule has 0 aromatic heterocycles. The number of rotatable bonds is 8. The third kappa shape index (κ3) is 5.94. The summed E-state index contributed by atoms with van der Waals surface area (Å²) in [5.74, 6) is 2.66. The van der Waals surface area contributed by atoms with Gasteiger partial charge in [0.1, 0.15) is 18.1 Å². The molecule has 1 aliphatic heterocycles. The maximum absolute atomic E-state index is 5.69. The third-order valence-electron chi connectivity index (χ3n) is 4.17. The Morgan fingerprint density at radius 1 is 1.10 bits per heavy atom. The molecule has 1 fully saturated rings. The lowest BCUT2D eigenvalue weighted by Crippen LogP contribution is -2.32. The Bertz CT molecular complexity index is 386. The monoisotopic (exact) mass is 292 g/mol. The van der Waals surface area contributed by atoms with Crippen molar-refractivity contribution in [2.24, 2.45) is 5.92 Å². The number of likely N-dealkylation sites (tertiary alicyclic amines) is 1. The van der Waals surface area contributed by atoms with Gasteiger partial charge in [0.05, 0.1) is 7.11 Å². The highest BCUT2D eigenvalue weighted by Gasteiger charge is 2.15. The molecule has 1 aliphatic rings. The van der Waals surface area contributed by atoms with Gasteiger partial charge in [-0.1, -0.05) is 0 Å². The number of nitrogens with zero attached hydrogens (tertiary/aromatic N) is 1. The molecule has 21 heavy (non-hydrogen) atoms. The molecule has 1 aromatic carbocycles. The molecule has 0 spiro atoms. The van der Waals surface area contributed by atoms with Crippen molar-refractivity contribution in [2.45, 2.75) is 19.3 Å². The van der Waals surface area contributed by atoms with Crippen LogP contribution in [0.15, 0.2) is 24.3 Å². The first-order chi connectivity index (χ1) is 10.3. The fourth-order valence-electron chi connectivity index (χ4n) is 2.69. The van der Waals surface area contributed by atoms with Gasteiger partial charge in [-0.2, -0.15) is 0 Å². The van der Waals surface area contributed by atoms with E-state index in [1.807, 2.05) is 24.3 Å². The summed E-state index contributed by atoms with van der Waals surface area (Å²) in [5, 5.41) is 3.47. The average molecular weight is 292 g/mol. The van der Waals surface area contributed by atoms with Crippen LogP contribution in [0.2, 0.25) is 0 Å². The van der Waals surface area contributed by atoms with E-state index < -0.39 is 0 Å². The van der Waals surface area contributed by atoms with Crippen molar-refractivity contribution in [1.29, 1.82) is 0 Å². The van der Waals surface area contributed by atoms with Crippen molar-refractivity contribution < 1.29 is 9.47 Å². The van der Waals surface area contributed by atoms with E-state index in [2.05, 4.69) is 17.3 Å². The van der Waals surface area contributed by atoms with Gasteiger partial charge in [0.2, 0.25) is 0 Å². The topological polar surface area (TPSA) is 33.7 Å². The molecular formula is C17H28N2O2. The molecule has 0 saturated carbocycles. The molecule has 0 bridgehead atoms. The fraction of sp³-hybridized carbons (Fsp3) is 0.647. The van der Waals surface area contributed by atoms with Gasteiger partial charge in [0.25, 0.3) is 0 Å². The highest BCUT2D eigenvalue weighted by atomic mass is 16.5. The minimum absolute atomic E-state index is 0.708. The zero-order valence-electron chi connectivity index (χ0n) is 13.3. The molecule has 1 aromatic rings. The number of nitrogens with one attached hydrogen (secondary N) is 1. The summed E-state index contributed by atoms with van der Waals surface area (Å²) in [4.78, 5) is 2.42. The summed E-state index contributed by atoms with van der Waals surface area (Å²) in [6.45, 7) is 5.22. The first kappa shape index (κ1) is 16.1. The Morgan fingerprint density at radius 3 is 2.43 bits per heavy atom. The molecule has 118 valence electrons. The van der Waals surface area contributed by atoms with E-state index in [0.717, 1.165) is 30.5 Å². The van der Waals surface area contributed by atoms with Gasteiger partial charge in [-0.25, -0.2) is 0 Å². The lowest BCUT2D eigenvalue weighted by atomic mass is 9.94. The van der Waals surface area contributed by atoms with Crippen LogP contribution in [-0.4, -0.2) is 51.8 Å². The zero-order valence-corrected chi connectivity index (χ0v) is 13.3. The van der Waals surface area contributed by atoms with Crippen LogP contribution >= 0.6 is 0 Å². The maximum atomic E-state index is 5.69. The third-order valence-corrected chi connectivity index (χ3v) is 4.17. The van der Waals surface area contributed by atoms with Crippen molar-refractivity contribution in [1.82, 2.24) is 10.2 Å². The Morgan fingerprint density at radius 2 is 1.76 bits per heavy atom. The fourth-order valence-corrected chi connectivity index (χ4v) is 2.69. The van der Waals surface area contributed by atoms with Crippen molar-refractivity contribution in [3.8, 4) is 11.5 Å². The number of methoxy groups -OCH3 is 1. The lowest BCUT2D eigenvalue weighted by molar-refractivity contribution is 0.210. The number of piperidine rings is 1. The Hall–Kier alpha value is -1.26. The van der Waals surface area contributed by atoms with E-state index in [1.54, 1.807) is 7.11 Å². The summed E-state index contributed by atoms with van der Waals surface area (Å²) >= 11 is 0. The van der Waals surface area contributed by atoms with Crippen LogP contribution in [0.5, 0.6) is 11.5 Å². The number of benzene rings is 1. The van der Waals surface area contributed by atoms with Crippen LogP contribution in [0, 0.1) is 5.92 Å². The average Bonchev–Trinajstić information content (AvgIpc) is 2.53. The molecular weight excluding hydrogens is 264 g/mol. The molecule has 1 saturated heterocycles. The Labute approximate surface area is 128 Å². The van der Waals surface area contributed by atoms with Gasteiger partial charge in [0.15, 0.2) is 0 Å². The van der Waals surface area contributed by atoms with Crippen LogP contribution in [-0.2, 0) is 0 Å². The minimum atomic E-state index is 0.708. The molecule has 1 heterocycles. The molecule has 0 amide bonds. The summed E-state index contributed by atoms with van der Waals surface area (Å²) in [7, 11) is 3.88. The van der Waals surface area contributed by atoms with Gasteiger partial charge in [-0.3, -0.25) is 0 Å². The van der Waals surface area contributed by atoms with Crippen LogP contribution in [0.4, 0.5) is 0 Å². The molecule has 2 rings (SSSR count). The standard InChI is InChI=1S/C17H28N2O2/c1-19-12-8-15(9-13-19)7-10-18-11-14-21-17-5-3-16(20-2)4-6-17/h3-6,15,18H,7-14H2,1-2H3. The predicted molar refractivity (Wildman–Crippen MR) is 86.2 cm³/mol.